The zero-order valence-electron chi connectivity index (χ0n) is 3.69. The fraction of sp³-hybridized carbons (Fsp3) is 1.00. The molecule has 1 rings (SSSR count). The lowest BCUT2D eigenvalue weighted by Gasteiger charge is -1.55. The zero-order chi connectivity index (χ0) is 3.86. The molecule has 0 aromatic carbocycles. The molecule has 0 saturated carbocycles. The van der Waals surface area contributed by atoms with Gasteiger partial charge in [0.05, 0.1) is 6.26 Å². The Kier molecular flexibility index (Phi) is 0.639. The summed E-state index contributed by atoms with van der Waals surface area (Å²) in [7, 11) is 0.844. The van der Waals surface area contributed by atoms with E-state index in [1.165, 1.54) is 5.75 Å². The molecule has 0 amide bonds. The van der Waals surface area contributed by atoms with Crippen molar-refractivity contribution in [3.63, 3.8) is 0 Å². The molecule has 1 heteroatoms. The lowest BCUT2D eigenvalue weighted by atomic mass is 10.6. The van der Waals surface area contributed by atoms with E-state index in [0.29, 0.717) is 0 Å². The van der Waals surface area contributed by atoms with Crippen LogP contribution in [-0.2, 0) is 10.9 Å². The molecular formula is C4H9S+. The van der Waals surface area contributed by atoms with Crippen molar-refractivity contribution in [1.29, 1.82) is 0 Å². The molecule has 1 aliphatic rings. The second-order valence-electron chi connectivity index (χ2n) is 1.67. The predicted octanol–water partition coefficient (Wildman–Crippen LogP) is 0.637. The molecule has 5 heavy (non-hydrogen) atoms. The largest absolute Gasteiger partial charge is 0.159 e. The smallest absolute Gasteiger partial charge is 0.0122 e. The summed E-state index contributed by atoms with van der Waals surface area (Å²) in [4.78, 5) is 0. The highest BCUT2D eigenvalue weighted by Gasteiger charge is 2.40. The third kappa shape index (κ3) is 0.596. The van der Waals surface area contributed by atoms with Gasteiger partial charge in [-0.1, -0.05) is 0 Å². The minimum absolute atomic E-state index is 0.844. The molecule has 1 heterocycles. The molecular weight excluding hydrogens is 80.1 g/mol. The molecule has 0 aromatic rings. The summed E-state index contributed by atoms with van der Waals surface area (Å²) in [6.45, 7) is 2.31. The Morgan fingerprint density at radius 3 is 2.00 bits per heavy atom. The maximum atomic E-state index is 2.32. The van der Waals surface area contributed by atoms with E-state index in [2.05, 4.69) is 13.2 Å². The number of rotatable bonds is 0. The summed E-state index contributed by atoms with van der Waals surface area (Å²) in [5.74, 6) is 1.50. The third-order valence-electron chi connectivity index (χ3n) is 1.07. The normalized spacial score (nSPS) is 49.2. The van der Waals surface area contributed by atoms with E-state index in [1.807, 2.05) is 0 Å². The van der Waals surface area contributed by atoms with Crippen LogP contribution in [0.3, 0.4) is 0 Å². The van der Waals surface area contributed by atoms with Gasteiger partial charge in [-0.2, -0.15) is 0 Å². The molecule has 0 nitrogen and oxygen atoms in total. The Labute approximate surface area is 35.9 Å². The minimum atomic E-state index is 0.844. The molecule has 0 N–H and O–H groups in total. The fourth-order valence-electron chi connectivity index (χ4n) is 0.331. The Balaban J connectivity index is 2.20. The van der Waals surface area contributed by atoms with E-state index in [1.54, 1.807) is 0 Å². The van der Waals surface area contributed by atoms with E-state index in [0.717, 1.165) is 16.1 Å². The van der Waals surface area contributed by atoms with Crippen LogP contribution in [-0.4, -0.2) is 17.3 Å². The first-order valence-corrected chi connectivity index (χ1v) is 3.78. The SMILES string of the molecule is CC1C[S+]1C. The monoisotopic (exact) mass is 89.0 g/mol. The summed E-state index contributed by atoms with van der Waals surface area (Å²) in [6, 6.07) is 0. The van der Waals surface area contributed by atoms with E-state index < -0.39 is 0 Å². The van der Waals surface area contributed by atoms with Crippen molar-refractivity contribution in [2.75, 3.05) is 12.0 Å². The van der Waals surface area contributed by atoms with Crippen LogP contribution in [0.5, 0.6) is 0 Å². The number of hydrogen-bond acceptors (Lipinski definition) is 0. The summed E-state index contributed by atoms with van der Waals surface area (Å²) in [5, 5.41) is 1.08. The van der Waals surface area contributed by atoms with Crippen LogP contribution < -0.4 is 0 Å². The van der Waals surface area contributed by atoms with Crippen LogP contribution >= 0.6 is 0 Å². The van der Waals surface area contributed by atoms with Gasteiger partial charge in [0.1, 0.15) is 0 Å². The lowest BCUT2D eigenvalue weighted by molar-refractivity contribution is 1.25. The van der Waals surface area contributed by atoms with Crippen molar-refractivity contribution < 1.29 is 0 Å². The first-order chi connectivity index (χ1) is 2.30. The predicted molar refractivity (Wildman–Crippen MR) is 27.6 cm³/mol. The Morgan fingerprint density at radius 2 is 2.00 bits per heavy atom. The minimum Gasteiger partial charge on any atom is -0.0122 e. The van der Waals surface area contributed by atoms with Crippen LogP contribution in [0.15, 0.2) is 0 Å². The second-order valence-corrected chi connectivity index (χ2v) is 4.19. The van der Waals surface area contributed by atoms with E-state index in [-0.39, 0.29) is 0 Å². The lowest BCUT2D eigenvalue weighted by Crippen LogP contribution is -1.71. The van der Waals surface area contributed by atoms with Gasteiger partial charge in [-0.3, -0.25) is 0 Å². The maximum absolute atomic E-state index is 2.32. The molecule has 1 aliphatic heterocycles. The highest BCUT2D eigenvalue weighted by Crippen LogP contribution is 2.19. The van der Waals surface area contributed by atoms with Gasteiger partial charge in [-0.15, -0.1) is 0 Å². The average molecular weight is 89.2 g/mol. The first kappa shape index (κ1) is 3.54. The molecule has 0 aromatic heterocycles. The molecule has 2 atom stereocenters. The second kappa shape index (κ2) is 0.904. The molecule has 0 aliphatic carbocycles. The van der Waals surface area contributed by atoms with Gasteiger partial charge in [0.25, 0.3) is 0 Å². The standard InChI is InChI=1S/C4H9S/c1-4-3-5(4)2/h4H,3H2,1-2H3/q+1. The van der Waals surface area contributed by atoms with Gasteiger partial charge in [0.15, 0.2) is 11.0 Å². The Hall–Kier alpha value is 0.350. The molecule has 2 unspecified atom stereocenters. The topological polar surface area (TPSA) is 0 Å². The van der Waals surface area contributed by atoms with Crippen molar-refractivity contribution >= 4 is 10.9 Å². The molecule has 30 valence electrons. The maximum Gasteiger partial charge on any atom is 0.159 e. The Morgan fingerprint density at radius 1 is 1.80 bits per heavy atom. The van der Waals surface area contributed by atoms with E-state index in [4.69, 9.17) is 0 Å². The Bertz CT molecular complexity index is 36.9. The summed E-state index contributed by atoms with van der Waals surface area (Å²) >= 11 is 0. The van der Waals surface area contributed by atoms with Gasteiger partial charge in [0.2, 0.25) is 0 Å². The molecule has 0 radical (unpaired) electrons. The van der Waals surface area contributed by atoms with E-state index in [9.17, 15) is 0 Å². The van der Waals surface area contributed by atoms with E-state index >= 15 is 0 Å². The van der Waals surface area contributed by atoms with Crippen molar-refractivity contribution in [3.05, 3.63) is 0 Å². The summed E-state index contributed by atoms with van der Waals surface area (Å²) in [6.07, 6.45) is 2.32. The summed E-state index contributed by atoms with van der Waals surface area (Å²) < 4.78 is 0. The quantitative estimate of drug-likeness (QED) is 0.302. The van der Waals surface area contributed by atoms with Crippen molar-refractivity contribution in [2.45, 2.75) is 12.2 Å². The van der Waals surface area contributed by atoms with Crippen LogP contribution in [0.2, 0.25) is 0 Å². The van der Waals surface area contributed by atoms with Crippen LogP contribution in [0.1, 0.15) is 6.92 Å². The van der Waals surface area contributed by atoms with Crippen LogP contribution in [0.4, 0.5) is 0 Å². The first-order valence-electron chi connectivity index (χ1n) is 1.92. The van der Waals surface area contributed by atoms with Crippen LogP contribution in [0.25, 0.3) is 0 Å². The molecule has 1 fully saturated rings. The average Bonchev–Trinajstić information content (AvgIpc) is 1.79. The highest BCUT2D eigenvalue weighted by molar-refractivity contribution is 8.03. The zero-order valence-corrected chi connectivity index (χ0v) is 4.51. The molecule has 0 spiro atoms. The van der Waals surface area contributed by atoms with Gasteiger partial charge in [0, 0.05) is 0 Å². The van der Waals surface area contributed by atoms with Gasteiger partial charge in [-0.05, 0) is 17.8 Å². The molecule has 0 bridgehead atoms. The van der Waals surface area contributed by atoms with Crippen molar-refractivity contribution in [3.8, 4) is 0 Å². The summed E-state index contributed by atoms with van der Waals surface area (Å²) in [5.41, 5.74) is 0. The van der Waals surface area contributed by atoms with Gasteiger partial charge < -0.3 is 0 Å². The number of hydrogen-bond donors (Lipinski definition) is 0. The van der Waals surface area contributed by atoms with Gasteiger partial charge >= 0.3 is 0 Å². The molecule has 1 saturated heterocycles. The highest BCUT2D eigenvalue weighted by atomic mass is 32.2. The van der Waals surface area contributed by atoms with Crippen molar-refractivity contribution in [1.82, 2.24) is 0 Å². The van der Waals surface area contributed by atoms with Crippen molar-refractivity contribution in [2.24, 2.45) is 0 Å². The van der Waals surface area contributed by atoms with Crippen LogP contribution in [0, 0.1) is 0 Å². The van der Waals surface area contributed by atoms with Gasteiger partial charge in [-0.25, -0.2) is 0 Å². The third-order valence-corrected chi connectivity index (χ3v) is 3.21. The fourth-order valence-corrected chi connectivity index (χ4v) is 1.40.